The number of carboxylic acids is 1. The standard InChI is InChI=1S/C13H14N2O4S/c16-10-3-1-2-8(14-10)11(17)15-9(13(18)19)6-20-12(15)7-4-5-7/h1-3,7,9,12H,4-6H2,(H,14,16)(H,18,19). The average molecular weight is 294 g/mol. The second-order valence-corrected chi connectivity index (χ2v) is 6.21. The molecule has 1 aliphatic heterocycles. The third-order valence-corrected chi connectivity index (χ3v) is 5.04. The fraction of sp³-hybridized carbons (Fsp3) is 0.462. The number of carbonyl (C=O) groups is 2. The van der Waals surface area contributed by atoms with Crippen molar-refractivity contribution in [3.8, 4) is 0 Å². The highest BCUT2D eigenvalue weighted by molar-refractivity contribution is 8.00. The van der Waals surface area contributed by atoms with Crippen molar-refractivity contribution in [2.75, 3.05) is 5.75 Å². The van der Waals surface area contributed by atoms with Crippen LogP contribution in [0.5, 0.6) is 0 Å². The molecule has 2 N–H and O–H groups in total. The molecule has 2 atom stereocenters. The van der Waals surface area contributed by atoms with E-state index in [0.29, 0.717) is 11.7 Å². The first kappa shape index (κ1) is 13.2. The maximum atomic E-state index is 12.5. The van der Waals surface area contributed by atoms with Gasteiger partial charge in [0.1, 0.15) is 11.7 Å². The molecule has 1 aromatic rings. The smallest absolute Gasteiger partial charge is 0.327 e. The number of nitrogens with zero attached hydrogens (tertiary/aromatic N) is 1. The highest BCUT2D eigenvalue weighted by Gasteiger charge is 2.48. The van der Waals surface area contributed by atoms with Crippen LogP contribution in [0.1, 0.15) is 23.3 Å². The Bertz CT molecular complexity index is 610. The molecule has 0 spiro atoms. The third-order valence-electron chi connectivity index (χ3n) is 3.58. The van der Waals surface area contributed by atoms with Gasteiger partial charge in [0.05, 0.1) is 5.37 Å². The van der Waals surface area contributed by atoms with E-state index in [1.54, 1.807) is 0 Å². The Balaban J connectivity index is 1.92. The van der Waals surface area contributed by atoms with Gasteiger partial charge in [0, 0.05) is 11.8 Å². The molecule has 0 radical (unpaired) electrons. The summed E-state index contributed by atoms with van der Waals surface area (Å²) < 4.78 is 0. The van der Waals surface area contributed by atoms with Crippen molar-refractivity contribution in [2.45, 2.75) is 24.3 Å². The van der Waals surface area contributed by atoms with E-state index >= 15 is 0 Å². The van der Waals surface area contributed by atoms with E-state index in [1.165, 1.54) is 34.9 Å². The minimum Gasteiger partial charge on any atom is -0.480 e. The van der Waals surface area contributed by atoms with Crippen LogP contribution < -0.4 is 5.56 Å². The summed E-state index contributed by atoms with van der Waals surface area (Å²) in [6, 6.07) is 3.51. The van der Waals surface area contributed by atoms with Crippen LogP contribution in [-0.2, 0) is 4.79 Å². The minimum absolute atomic E-state index is 0.0905. The Morgan fingerprint density at radius 1 is 1.35 bits per heavy atom. The zero-order valence-corrected chi connectivity index (χ0v) is 11.4. The summed E-state index contributed by atoms with van der Waals surface area (Å²) in [6.45, 7) is 0. The third kappa shape index (κ3) is 2.33. The Morgan fingerprint density at radius 2 is 2.10 bits per heavy atom. The number of aliphatic carboxylic acids is 1. The second-order valence-electron chi connectivity index (χ2n) is 5.06. The average Bonchev–Trinajstić information content (AvgIpc) is 3.16. The van der Waals surface area contributed by atoms with E-state index in [-0.39, 0.29) is 16.6 Å². The summed E-state index contributed by atoms with van der Waals surface area (Å²) in [5, 5.41) is 9.18. The van der Waals surface area contributed by atoms with E-state index in [2.05, 4.69) is 4.98 Å². The summed E-state index contributed by atoms with van der Waals surface area (Å²) in [7, 11) is 0. The van der Waals surface area contributed by atoms with Gasteiger partial charge in [0.15, 0.2) is 0 Å². The van der Waals surface area contributed by atoms with Crippen LogP contribution in [0.2, 0.25) is 0 Å². The van der Waals surface area contributed by atoms with Crippen molar-refractivity contribution in [3.05, 3.63) is 34.2 Å². The zero-order chi connectivity index (χ0) is 14.3. The predicted octanol–water partition coefficient (Wildman–Crippen LogP) is 0.753. The molecule has 1 saturated heterocycles. The lowest BCUT2D eigenvalue weighted by atomic mass is 10.2. The van der Waals surface area contributed by atoms with E-state index in [4.69, 9.17) is 0 Å². The number of hydrogen-bond acceptors (Lipinski definition) is 4. The van der Waals surface area contributed by atoms with Crippen LogP contribution in [0.25, 0.3) is 0 Å². The number of H-pyrrole nitrogens is 1. The van der Waals surface area contributed by atoms with Gasteiger partial charge in [-0.05, 0) is 24.8 Å². The summed E-state index contributed by atoms with van der Waals surface area (Å²) in [5.41, 5.74) is -0.213. The Labute approximate surface area is 119 Å². The van der Waals surface area contributed by atoms with Crippen LogP contribution in [0.4, 0.5) is 0 Å². The molecule has 3 rings (SSSR count). The number of rotatable bonds is 3. The quantitative estimate of drug-likeness (QED) is 0.858. The van der Waals surface area contributed by atoms with Gasteiger partial charge in [-0.2, -0.15) is 0 Å². The number of hydrogen-bond donors (Lipinski definition) is 2. The maximum Gasteiger partial charge on any atom is 0.327 e. The molecule has 1 saturated carbocycles. The molecule has 2 unspecified atom stereocenters. The topological polar surface area (TPSA) is 90.5 Å². The number of aromatic nitrogens is 1. The maximum absolute atomic E-state index is 12.5. The van der Waals surface area contributed by atoms with Gasteiger partial charge >= 0.3 is 5.97 Å². The van der Waals surface area contributed by atoms with Gasteiger partial charge in [-0.25, -0.2) is 4.79 Å². The molecule has 1 aliphatic carbocycles. The van der Waals surface area contributed by atoms with Crippen molar-refractivity contribution in [3.63, 3.8) is 0 Å². The summed E-state index contributed by atoms with van der Waals surface area (Å²) in [4.78, 5) is 39.1. The molecule has 20 heavy (non-hydrogen) atoms. The Morgan fingerprint density at radius 3 is 2.70 bits per heavy atom. The minimum atomic E-state index is -0.993. The summed E-state index contributed by atoms with van der Waals surface area (Å²) in [6.07, 6.45) is 2.05. The zero-order valence-electron chi connectivity index (χ0n) is 10.6. The lowest BCUT2D eigenvalue weighted by Crippen LogP contribution is -2.46. The SMILES string of the molecule is O=C(O)C1CSC(C2CC2)N1C(=O)c1cccc(=O)[nH]1. The fourth-order valence-corrected chi connectivity index (χ4v) is 4.06. The van der Waals surface area contributed by atoms with Gasteiger partial charge in [-0.3, -0.25) is 9.59 Å². The number of carbonyl (C=O) groups excluding carboxylic acids is 1. The van der Waals surface area contributed by atoms with Gasteiger partial charge in [0.2, 0.25) is 5.56 Å². The monoisotopic (exact) mass is 294 g/mol. The molecule has 2 aliphatic rings. The molecule has 106 valence electrons. The first-order valence-electron chi connectivity index (χ1n) is 6.44. The Hall–Kier alpha value is -1.76. The highest BCUT2D eigenvalue weighted by atomic mass is 32.2. The van der Waals surface area contributed by atoms with Crippen LogP contribution in [-0.4, -0.2) is 44.0 Å². The molecule has 1 aromatic heterocycles. The van der Waals surface area contributed by atoms with Crippen LogP contribution in [0, 0.1) is 5.92 Å². The normalized spacial score (nSPS) is 25.7. The summed E-state index contributed by atoms with van der Waals surface area (Å²) >= 11 is 1.52. The lowest BCUT2D eigenvalue weighted by Gasteiger charge is -2.27. The van der Waals surface area contributed by atoms with Crippen LogP contribution in [0.15, 0.2) is 23.0 Å². The number of thioether (sulfide) groups is 1. The lowest BCUT2D eigenvalue weighted by molar-refractivity contribution is -0.141. The van der Waals surface area contributed by atoms with Crippen LogP contribution in [0.3, 0.4) is 0 Å². The molecular formula is C13H14N2O4S. The second kappa shape index (κ2) is 4.97. The van der Waals surface area contributed by atoms with E-state index in [1.807, 2.05) is 0 Å². The van der Waals surface area contributed by atoms with Crippen molar-refractivity contribution in [1.29, 1.82) is 0 Å². The van der Waals surface area contributed by atoms with E-state index in [0.717, 1.165) is 12.8 Å². The van der Waals surface area contributed by atoms with Crippen molar-refractivity contribution < 1.29 is 14.7 Å². The van der Waals surface area contributed by atoms with Gasteiger partial charge in [-0.15, -0.1) is 11.8 Å². The van der Waals surface area contributed by atoms with Crippen molar-refractivity contribution >= 4 is 23.6 Å². The number of amides is 1. The van der Waals surface area contributed by atoms with Crippen LogP contribution >= 0.6 is 11.8 Å². The van der Waals surface area contributed by atoms with Gasteiger partial charge in [-0.1, -0.05) is 6.07 Å². The van der Waals surface area contributed by atoms with Gasteiger partial charge in [0.25, 0.3) is 5.91 Å². The number of pyridine rings is 1. The van der Waals surface area contributed by atoms with E-state index < -0.39 is 17.9 Å². The molecule has 6 nitrogen and oxygen atoms in total. The molecule has 0 aromatic carbocycles. The highest BCUT2D eigenvalue weighted by Crippen LogP contribution is 2.45. The first-order chi connectivity index (χ1) is 9.58. The molecule has 1 amide bonds. The molecule has 0 bridgehead atoms. The first-order valence-corrected chi connectivity index (χ1v) is 7.49. The molecule has 2 heterocycles. The molecular weight excluding hydrogens is 280 g/mol. The number of carboxylic acid groups (broad SMARTS) is 1. The fourth-order valence-electron chi connectivity index (χ4n) is 2.43. The number of aromatic amines is 1. The van der Waals surface area contributed by atoms with E-state index in [9.17, 15) is 19.5 Å². The molecule has 2 fully saturated rings. The van der Waals surface area contributed by atoms with Gasteiger partial charge < -0.3 is 15.0 Å². The van der Waals surface area contributed by atoms with Crippen molar-refractivity contribution in [1.82, 2.24) is 9.88 Å². The summed E-state index contributed by atoms with van der Waals surface area (Å²) in [5.74, 6) is -0.618. The number of nitrogens with one attached hydrogen (secondary N) is 1. The largest absolute Gasteiger partial charge is 0.480 e. The molecule has 7 heteroatoms. The van der Waals surface area contributed by atoms with Crippen molar-refractivity contribution in [2.24, 2.45) is 5.92 Å². The predicted molar refractivity (Wildman–Crippen MR) is 73.6 cm³/mol. The Kier molecular flexibility index (Phi) is 3.29.